The molecule has 0 amide bonds. The zero-order chi connectivity index (χ0) is 8.55. The van der Waals surface area contributed by atoms with Gasteiger partial charge in [0.2, 0.25) is 0 Å². The molecule has 1 aliphatic rings. The van der Waals surface area contributed by atoms with Crippen LogP contribution in [-0.2, 0) is 6.42 Å². The van der Waals surface area contributed by atoms with E-state index >= 15 is 0 Å². The molecule has 0 spiro atoms. The number of phenolic OH excluding ortho intramolecular Hbond substituents is 1. The minimum absolute atomic E-state index is 0.400. The Bertz CT molecular complexity index is 292. The first-order valence-corrected chi connectivity index (χ1v) is 4.37. The third-order valence-corrected chi connectivity index (χ3v) is 2.32. The Morgan fingerprint density at radius 3 is 2.92 bits per heavy atom. The van der Waals surface area contributed by atoms with E-state index in [-0.39, 0.29) is 0 Å². The lowest BCUT2D eigenvalue weighted by Crippen LogP contribution is -1.89. The van der Waals surface area contributed by atoms with Gasteiger partial charge in [0.25, 0.3) is 0 Å². The highest BCUT2D eigenvalue weighted by molar-refractivity contribution is 5.43. The molecule has 2 N–H and O–H groups in total. The monoisotopic (exact) mass is 163 g/mol. The van der Waals surface area contributed by atoms with Crippen LogP contribution in [-0.4, -0.2) is 11.7 Å². The molecule has 1 fully saturated rings. The van der Waals surface area contributed by atoms with Crippen LogP contribution in [0.2, 0.25) is 0 Å². The smallest absolute Gasteiger partial charge is 0.123 e. The number of para-hydroxylation sites is 1. The van der Waals surface area contributed by atoms with Crippen LogP contribution in [0.4, 0.5) is 0 Å². The number of phenols is 1. The summed E-state index contributed by atoms with van der Waals surface area (Å²) < 4.78 is 0. The summed E-state index contributed by atoms with van der Waals surface area (Å²) in [6.45, 7) is 3.06. The van der Waals surface area contributed by atoms with Crippen LogP contribution in [0.15, 0.2) is 18.2 Å². The van der Waals surface area contributed by atoms with E-state index in [0.29, 0.717) is 11.8 Å². The van der Waals surface area contributed by atoms with Crippen molar-refractivity contribution < 1.29 is 5.11 Å². The summed E-state index contributed by atoms with van der Waals surface area (Å²) in [5.74, 6) is 0.481. The number of nitrogens with one attached hydrogen (secondary N) is 1. The maximum Gasteiger partial charge on any atom is 0.123 e. The number of aromatic hydroxyl groups is 1. The van der Waals surface area contributed by atoms with Crippen molar-refractivity contribution in [2.75, 3.05) is 6.54 Å². The maximum absolute atomic E-state index is 9.76. The molecule has 1 aromatic carbocycles. The van der Waals surface area contributed by atoms with Gasteiger partial charge in [-0.25, -0.2) is 0 Å². The topological polar surface area (TPSA) is 42.2 Å². The normalized spacial score (nSPS) is 20.9. The molecular formula is C10H13NO. The van der Waals surface area contributed by atoms with Crippen molar-refractivity contribution in [2.24, 2.45) is 0 Å². The lowest BCUT2D eigenvalue weighted by molar-refractivity contribution is 0.461. The number of benzene rings is 1. The van der Waals surface area contributed by atoms with Gasteiger partial charge in [-0.05, 0) is 12.0 Å². The fraction of sp³-hybridized carbons (Fsp3) is 0.400. The second-order valence-electron chi connectivity index (χ2n) is 3.17. The van der Waals surface area contributed by atoms with Crippen LogP contribution in [0.5, 0.6) is 5.75 Å². The van der Waals surface area contributed by atoms with Crippen molar-refractivity contribution in [1.29, 1.82) is 0 Å². The van der Waals surface area contributed by atoms with E-state index < -0.39 is 0 Å². The fourth-order valence-corrected chi connectivity index (χ4v) is 1.46. The SMILES string of the molecule is CCc1cccc([C@H]2CN2)c1O. The predicted octanol–water partition coefficient (Wildman–Crippen LogP) is 1.60. The Kier molecular flexibility index (Phi) is 1.77. The van der Waals surface area contributed by atoms with Gasteiger partial charge in [-0.2, -0.15) is 0 Å². The van der Waals surface area contributed by atoms with Crippen LogP contribution in [0.3, 0.4) is 0 Å². The van der Waals surface area contributed by atoms with Crippen LogP contribution in [0, 0.1) is 0 Å². The van der Waals surface area contributed by atoms with E-state index in [4.69, 9.17) is 0 Å². The lowest BCUT2D eigenvalue weighted by atomic mass is 10.0. The van der Waals surface area contributed by atoms with E-state index in [1.54, 1.807) is 0 Å². The van der Waals surface area contributed by atoms with Gasteiger partial charge in [-0.3, -0.25) is 0 Å². The van der Waals surface area contributed by atoms with Gasteiger partial charge in [0.15, 0.2) is 0 Å². The largest absolute Gasteiger partial charge is 0.507 e. The Balaban J connectivity index is 2.40. The summed E-state index contributed by atoms with van der Waals surface area (Å²) in [5, 5.41) is 12.9. The fourth-order valence-electron chi connectivity index (χ4n) is 1.46. The van der Waals surface area contributed by atoms with Gasteiger partial charge in [-0.15, -0.1) is 0 Å². The minimum atomic E-state index is 0.400. The maximum atomic E-state index is 9.76. The predicted molar refractivity (Wildman–Crippen MR) is 48.2 cm³/mol. The highest BCUT2D eigenvalue weighted by Gasteiger charge is 2.25. The zero-order valence-electron chi connectivity index (χ0n) is 7.17. The minimum Gasteiger partial charge on any atom is -0.507 e. The van der Waals surface area contributed by atoms with E-state index in [9.17, 15) is 5.11 Å². The number of hydrogen-bond donors (Lipinski definition) is 2. The molecule has 2 rings (SSSR count). The number of aryl methyl sites for hydroxylation is 1. The molecule has 2 nitrogen and oxygen atoms in total. The van der Waals surface area contributed by atoms with Crippen LogP contribution in [0.25, 0.3) is 0 Å². The molecule has 64 valence electrons. The van der Waals surface area contributed by atoms with Crippen LogP contribution >= 0.6 is 0 Å². The van der Waals surface area contributed by atoms with Gasteiger partial charge in [0, 0.05) is 18.2 Å². The molecule has 0 bridgehead atoms. The van der Waals surface area contributed by atoms with E-state index in [1.165, 1.54) is 0 Å². The quantitative estimate of drug-likeness (QED) is 0.650. The molecule has 1 aliphatic heterocycles. The molecule has 0 aromatic heterocycles. The molecule has 1 aromatic rings. The Morgan fingerprint density at radius 2 is 2.33 bits per heavy atom. The van der Waals surface area contributed by atoms with Crippen LogP contribution < -0.4 is 5.32 Å². The Labute approximate surface area is 72.2 Å². The summed E-state index contributed by atoms with van der Waals surface area (Å²) in [6.07, 6.45) is 0.895. The molecule has 1 atom stereocenters. The second kappa shape index (κ2) is 2.79. The summed E-state index contributed by atoms with van der Waals surface area (Å²) in [4.78, 5) is 0. The first-order valence-electron chi connectivity index (χ1n) is 4.37. The molecule has 2 heteroatoms. The molecule has 1 saturated heterocycles. The number of hydrogen-bond acceptors (Lipinski definition) is 2. The molecule has 0 unspecified atom stereocenters. The van der Waals surface area contributed by atoms with Gasteiger partial charge >= 0.3 is 0 Å². The van der Waals surface area contributed by atoms with E-state index in [0.717, 1.165) is 24.1 Å². The lowest BCUT2D eigenvalue weighted by Gasteiger charge is -2.05. The Morgan fingerprint density at radius 1 is 1.58 bits per heavy atom. The van der Waals surface area contributed by atoms with Gasteiger partial charge < -0.3 is 10.4 Å². The van der Waals surface area contributed by atoms with Crippen LogP contribution in [0.1, 0.15) is 24.1 Å². The summed E-state index contributed by atoms with van der Waals surface area (Å²) in [5.41, 5.74) is 2.09. The Hall–Kier alpha value is -1.02. The summed E-state index contributed by atoms with van der Waals surface area (Å²) in [7, 11) is 0. The highest BCUT2D eigenvalue weighted by Crippen LogP contribution is 2.32. The third-order valence-electron chi connectivity index (χ3n) is 2.32. The third kappa shape index (κ3) is 1.18. The van der Waals surface area contributed by atoms with Gasteiger partial charge in [0.1, 0.15) is 5.75 Å². The second-order valence-corrected chi connectivity index (χ2v) is 3.17. The highest BCUT2D eigenvalue weighted by atomic mass is 16.3. The average Bonchev–Trinajstić information content (AvgIpc) is 2.88. The van der Waals surface area contributed by atoms with Crippen molar-refractivity contribution in [3.8, 4) is 5.75 Å². The molecule has 1 heterocycles. The molecule has 0 aliphatic carbocycles. The average molecular weight is 163 g/mol. The first kappa shape index (κ1) is 7.62. The number of rotatable bonds is 2. The van der Waals surface area contributed by atoms with Crippen molar-refractivity contribution in [1.82, 2.24) is 5.32 Å². The molecular weight excluding hydrogens is 150 g/mol. The van der Waals surface area contributed by atoms with Crippen molar-refractivity contribution in [3.05, 3.63) is 29.3 Å². The standard InChI is InChI=1S/C10H13NO/c1-2-7-4-3-5-8(10(7)12)9-6-11-9/h3-5,9,11-12H,2,6H2,1H3/t9-/m1/s1. The molecule has 12 heavy (non-hydrogen) atoms. The van der Waals surface area contributed by atoms with E-state index in [2.05, 4.69) is 12.2 Å². The van der Waals surface area contributed by atoms with Gasteiger partial charge in [-0.1, -0.05) is 25.1 Å². The molecule has 0 saturated carbocycles. The molecule has 0 radical (unpaired) electrons. The van der Waals surface area contributed by atoms with Crippen molar-refractivity contribution in [2.45, 2.75) is 19.4 Å². The van der Waals surface area contributed by atoms with Gasteiger partial charge in [0.05, 0.1) is 0 Å². The van der Waals surface area contributed by atoms with Crippen molar-refractivity contribution in [3.63, 3.8) is 0 Å². The first-order chi connectivity index (χ1) is 5.83. The summed E-state index contributed by atoms with van der Waals surface area (Å²) in [6, 6.07) is 6.37. The van der Waals surface area contributed by atoms with Crippen molar-refractivity contribution >= 4 is 0 Å². The zero-order valence-corrected chi connectivity index (χ0v) is 7.17. The van der Waals surface area contributed by atoms with E-state index in [1.807, 2.05) is 18.2 Å². The summed E-state index contributed by atoms with van der Waals surface area (Å²) >= 11 is 0.